The zero-order valence-electron chi connectivity index (χ0n) is 10.2. The number of hydrogen-bond donors (Lipinski definition) is 2. The number of ether oxygens (including phenoxy) is 1. The molecule has 3 N–H and O–H groups in total. The first kappa shape index (κ1) is 13.9. The fraction of sp³-hybridized carbons (Fsp3) is 0.0714. The molecule has 0 spiro atoms. The third kappa shape index (κ3) is 3.28. The summed E-state index contributed by atoms with van der Waals surface area (Å²) in [4.78, 5) is 0. The van der Waals surface area contributed by atoms with Gasteiger partial charge in [-0.25, -0.2) is 0 Å². The molecule has 0 aliphatic heterocycles. The molecule has 0 unspecified atom stereocenters. The molecule has 2 aromatic carbocycles. The summed E-state index contributed by atoms with van der Waals surface area (Å²) in [6.45, 7) is 1.92. The standard InChI is InChI=1S/C14H12BrClN2O/c1-8-6-10(3-4-12(8)16)19-13-5-2-9(14(17)18)7-11(13)15/h2-7H,1H3,(H3,17,18). The summed E-state index contributed by atoms with van der Waals surface area (Å²) >= 11 is 9.37. The van der Waals surface area contributed by atoms with E-state index in [1.165, 1.54) is 0 Å². The van der Waals surface area contributed by atoms with E-state index in [0.717, 1.165) is 10.0 Å². The molecule has 0 heterocycles. The maximum absolute atomic E-state index is 7.38. The number of nitrogens with one attached hydrogen (secondary N) is 1. The Hall–Kier alpha value is -1.52. The fourth-order valence-corrected chi connectivity index (χ4v) is 2.14. The number of halogens is 2. The number of rotatable bonds is 3. The van der Waals surface area contributed by atoms with Crippen molar-refractivity contribution in [2.24, 2.45) is 5.73 Å². The lowest BCUT2D eigenvalue weighted by Gasteiger charge is -2.10. The number of benzene rings is 2. The first-order valence-corrected chi connectivity index (χ1v) is 6.72. The quantitative estimate of drug-likeness (QED) is 0.639. The van der Waals surface area contributed by atoms with Gasteiger partial charge in [0.05, 0.1) is 4.47 Å². The van der Waals surface area contributed by atoms with Crippen molar-refractivity contribution < 1.29 is 4.74 Å². The molecular formula is C14H12BrClN2O. The Morgan fingerprint density at radius 1 is 1.26 bits per heavy atom. The molecule has 0 atom stereocenters. The van der Waals surface area contributed by atoms with Crippen molar-refractivity contribution in [3.8, 4) is 11.5 Å². The molecule has 0 saturated heterocycles. The van der Waals surface area contributed by atoms with Gasteiger partial charge in [0.1, 0.15) is 17.3 Å². The number of amidine groups is 1. The van der Waals surface area contributed by atoms with E-state index >= 15 is 0 Å². The van der Waals surface area contributed by atoms with E-state index in [4.69, 9.17) is 27.5 Å². The molecule has 98 valence electrons. The molecule has 0 aliphatic rings. The summed E-state index contributed by atoms with van der Waals surface area (Å²) in [5, 5.41) is 8.08. The molecule has 0 bridgehead atoms. The highest BCUT2D eigenvalue weighted by Crippen LogP contribution is 2.31. The second-order valence-corrected chi connectivity index (χ2v) is 5.33. The van der Waals surface area contributed by atoms with Crippen LogP contribution in [0.4, 0.5) is 0 Å². The third-order valence-corrected chi connectivity index (χ3v) is 3.64. The van der Waals surface area contributed by atoms with Gasteiger partial charge in [-0.2, -0.15) is 0 Å². The van der Waals surface area contributed by atoms with Crippen LogP contribution in [0.25, 0.3) is 0 Å². The summed E-state index contributed by atoms with van der Waals surface area (Å²) in [7, 11) is 0. The molecule has 5 heteroatoms. The second kappa shape index (κ2) is 5.63. The highest BCUT2D eigenvalue weighted by molar-refractivity contribution is 9.10. The van der Waals surface area contributed by atoms with Crippen molar-refractivity contribution in [2.45, 2.75) is 6.92 Å². The molecule has 0 fully saturated rings. The Labute approximate surface area is 125 Å². The van der Waals surface area contributed by atoms with Gasteiger partial charge in [-0.1, -0.05) is 11.6 Å². The first-order valence-electron chi connectivity index (χ1n) is 5.55. The Bertz CT molecular complexity index is 643. The minimum absolute atomic E-state index is 0.0228. The van der Waals surface area contributed by atoms with Gasteiger partial charge in [0.2, 0.25) is 0 Å². The van der Waals surface area contributed by atoms with Crippen LogP contribution < -0.4 is 10.5 Å². The lowest BCUT2D eigenvalue weighted by atomic mass is 10.2. The van der Waals surface area contributed by atoms with Gasteiger partial charge < -0.3 is 10.5 Å². The van der Waals surface area contributed by atoms with Crippen LogP contribution in [-0.4, -0.2) is 5.84 Å². The van der Waals surface area contributed by atoms with Gasteiger partial charge in [0.15, 0.2) is 0 Å². The van der Waals surface area contributed by atoms with Crippen LogP contribution in [-0.2, 0) is 0 Å². The largest absolute Gasteiger partial charge is 0.456 e. The highest BCUT2D eigenvalue weighted by atomic mass is 79.9. The average Bonchev–Trinajstić information content (AvgIpc) is 2.36. The van der Waals surface area contributed by atoms with E-state index in [1.54, 1.807) is 30.3 Å². The van der Waals surface area contributed by atoms with Crippen molar-refractivity contribution in [1.29, 1.82) is 5.41 Å². The van der Waals surface area contributed by atoms with Crippen LogP contribution >= 0.6 is 27.5 Å². The zero-order valence-corrected chi connectivity index (χ0v) is 12.5. The van der Waals surface area contributed by atoms with Crippen molar-refractivity contribution in [3.63, 3.8) is 0 Å². The first-order chi connectivity index (χ1) is 8.97. The van der Waals surface area contributed by atoms with E-state index in [-0.39, 0.29) is 5.84 Å². The molecule has 0 radical (unpaired) electrons. The average molecular weight is 340 g/mol. The lowest BCUT2D eigenvalue weighted by Crippen LogP contribution is -2.10. The summed E-state index contributed by atoms with van der Waals surface area (Å²) in [6, 6.07) is 10.7. The molecule has 0 aliphatic carbocycles. The van der Waals surface area contributed by atoms with E-state index in [2.05, 4.69) is 15.9 Å². The minimum Gasteiger partial charge on any atom is -0.456 e. The highest BCUT2D eigenvalue weighted by Gasteiger charge is 2.06. The maximum Gasteiger partial charge on any atom is 0.141 e. The van der Waals surface area contributed by atoms with Gasteiger partial charge in [-0.15, -0.1) is 0 Å². The van der Waals surface area contributed by atoms with E-state index in [9.17, 15) is 0 Å². The monoisotopic (exact) mass is 338 g/mol. The van der Waals surface area contributed by atoms with E-state index in [1.807, 2.05) is 13.0 Å². The molecule has 3 nitrogen and oxygen atoms in total. The van der Waals surface area contributed by atoms with Gasteiger partial charge in [0.25, 0.3) is 0 Å². The molecular weight excluding hydrogens is 328 g/mol. The summed E-state index contributed by atoms with van der Waals surface area (Å²) in [5.74, 6) is 1.39. The van der Waals surface area contributed by atoms with Crippen molar-refractivity contribution in [3.05, 3.63) is 57.0 Å². The normalized spacial score (nSPS) is 10.3. The van der Waals surface area contributed by atoms with Crippen LogP contribution in [0.1, 0.15) is 11.1 Å². The zero-order chi connectivity index (χ0) is 14.0. The molecule has 19 heavy (non-hydrogen) atoms. The smallest absolute Gasteiger partial charge is 0.141 e. The second-order valence-electron chi connectivity index (χ2n) is 4.07. The molecule has 0 aromatic heterocycles. The maximum atomic E-state index is 7.38. The number of nitrogens with two attached hydrogens (primary N) is 1. The molecule has 0 amide bonds. The van der Waals surface area contributed by atoms with Gasteiger partial charge >= 0.3 is 0 Å². The molecule has 0 saturated carbocycles. The Kier molecular flexibility index (Phi) is 4.12. The van der Waals surface area contributed by atoms with Crippen molar-refractivity contribution in [1.82, 2.24) is 0 Å². The van der Waals surface area contributed by atoms with Gasteiger partial charge in [-0.3, -0.25) is 5.41 Å². The Balaban J connectivity index is 2.28. The van der Waals surface area contributed by atoms with Crippen LogP contribution in [0.5, 0.6) is 11.5 Å². The van der Waals surface area contributed by atoms with Crippen LogP contribution in [0.3, 0.4) is 0 Å². The minimum atomic E-state index is 0.0228. The number of hydrogen-bond acceptors (Lipinski definition) is 2. The van der Waals surface area contributed by atoms with Crippen LogP contribution in [0.2, 0.25) is 5.02 Å². The predicted octanol–water partition coefficient (Wildman–Crippen LogP) is 4.49. The summed E-state index contributed by atoms with van der Waals surface area (Å²) in [5.41, 5.74) is 7.03. The van der Waals surface area contributed by atoms with E-state index in [0.29, 0.717) is 22.1 Å². The number of aryl methyl sites for hydroxylation is 1. The van der Waals surface area contributed by atoms with Crippen LogP contribution in [0.15, 0.2) is 40.9 Å². The topological polar surface area (TPSA) is 59.1 Å². The SMILES string of the molecule is Cc1cc(Oc2ccc(C(=N)N)cc2Br)ccc1Cl. The Morgan fingerprint density at radius 3 is 2.58 bits per heavy atom. The van der Waals surface area contributed by atoms with Crippen molar-refractivity contribution >= 4 is 33.4 Å². The van der Waals surface area contributed by atoms with Crippen molar-refractivity contribution in [2.75, 3.05) is 0 Å². The fourth-order valence-electron chi connectivity index (χ4n) is 1.56. The summed E-state index contributed by atoms with van der Waals surface area (Å²) in [6.07, 6.45) is 0. The van der Waals surface area contributed by atoms with Crippen LogP contribution in [0, 0.1) is 12.3 Å². The predicted molar refractivity (Wildman–Crippen MR) is 81.4 cm³/mol. The number of nitrogen functional groups attached to an aromatic ring is 1. The van der Waals surface area contributed by atoms with Gasteiger partial charge in [0, 0.05) is 10.6 Å². The van der Waals surface area contributed by atoms with Gasteiger partial charge in [-0.05, 0) is 64.8 Å². The van der Waals surface area contributed by atoms with E-state index < -0.39 is 0 Å². The third-order valence-electron chi connectivity index (χ3n) is 2.60. The molecule has 2 aromatic rings. The summed E-state index contributed by atoms with van der Waals surface area (Å²) < 4.78 is 6.51. The molecule has 2 rings (SSSR count). The Morgan fingerprint density at radius 2 is 2.00 bits per heavy atom. The lowest BCUT2D eigenvalue weighted by molar-refractivity contribution is 0.479.